The zero-order valence-corrected chi connectivity index (χ0v) is 13.8. The number of nitrogens with zero attached hydrogens (tertiary/aromatic N) is 2. The fourth-order valence-electron chi connectivity index (χ4n) is 3.23. The van der Waals surface area contributed by atoms with Gasteiger partial charge in [0.1, 0.15) is 0 Å². The summed E-state index contributed by atoms with van der Waals surface area (Å²) in [5, 5.41) is 11.0. The normalized spacial score (nSPS) is 19.2. The first-order chi connectivity index (χ1) is 12.0. The highest BCUT2D eigenvalue weighted by Crippen LogP contribution is 2.36. The predicted octanol–water partition coefficient (Wildman–Crippen LogP) is 2.25. The Kier molecular flexibility index (Phi) is 4.87. The number of nitro benzene ring substituents is 1. The Bertz CT molecular complexity index is 679. The number of carbonyl (C=O) groups is 1. The van der Waals surface area contributed by atoms with Crippen molar-refractivity contribution in [1.29, 1.82) is 0 Å². The number of halogens is 1. The maximum Gasteiger partial charge on any atom is 0.340 e. The predicted molar refractivity (Wildman–Crippen MR) is 85.1 cm³/mol. The molecule has 0 radical (unpaired) electrons. The molecule has 0 aliphatic carbocycles. The van der Waals surface area contributed by atoms with Crippen molar-refractivity contribution < 1.29 is 28.3 Å². The molecule has 2 saturated heterocycles. The molecule has 9 heteroatoms. The minimum atomic E-state index is -0.818. The van der Waals surface area contributed by atoms with Crippen molar-refractivity contribution >= 4 is 17.3 Å². The molecule has 25 heavy (non-hydrogen) atoms. The lowest BCUT2D eigenvalue weighted by Gasteiger charge is -2.39. The van der Waals surface area contributed by atoms with E-state index in [-0.39, 0.29) is 17.9 Å². The van der Waals surface area contributed by atoms with E-state index in [4.69, 9.17) is 14.2 Å². The average Bonchev–Trinajstić information content (AvgIpc) is 3.03. The van der Waals surface area contributed by atoms with Crippen molar-refractivity contribution in [3.63, 3.8) is 0 Å². The minimum absolute atomic E-state index is 0.0249. The molecule has 0 atom stereocenters. The Morgan fingerprint density at radius 1 is 1.36 bits per heavy atom. The lowest BCUT2D eigenvalue weighted by atomic mass is 10.0. The highest BCUT2D eigenvalue weighted by atomic mass is 19.1. The fourth-order valence-corrected chi connectivity index (χ4v) is 3.23. The summed E-state index contributed by atoms with van der Waals surface area (Å²) in [6.45, 7) is 3.57. The number of anilines is 1. The summed E-state index contributed by atoms with van der Waals surface area (Å²) in [5.74, 6) is -2.24. The Hall–Kier alpha value is -2.26. The molecule has 0 N–H and O–H groups in total. The van der Waals surface area contributed by atoms with Gasteiger partial charge in [0, 0.05) is 32.0 Å². The van der Waals surface area contributed by atoms with Gasteiger partial charge in [-0.1, -0.05) is 0 Å². The van der Waals surface area contributed by atoms with Crippen LogP contribution in [0.2, 0.25) is 0 Å². The van der Waals surface area contributed by atoms with Crippen LogP contribution in [0.15, 0.2) is 12.1 Å². The minimum Gasteiger partial charge on any atom is -0.462 e. The molecule has 0 unspecified atom stereocenters. The number of carbonyl (C=O) groups excluding carboxylic acids is 1. The molecule has 1 spiro atoms. The topological polar surface area (TPSA) is 91.1 Å². The van der Waals surface area contributed by atoms with Crippen molar-refractivity contribution in [2.75, 3.05) is 37.8 Å². The SMILES string of the molecule is CCOC(=O)c1cc([N+](=O)[O-])cc(F)c1N1CCC2(CC1)OCCO2. The first-order valence-corrected chi connectivity index (χ1v) is 8.14. The van der Waals surface area contributed by atoms with E-state index in [1.165, 1.54) is 0 Å². The highest BCUT2D eigenvalue weighted by Gasteiger charge is 2.41. The largest absolute Gasteiger partial charge is 0.462 e. The van der Waals surface area contributed by atoms with Crippen LogP contribution in [0.4, 0.5) is 15.8 Å². The zero-order chi connectivity index (χ0) is 18.0. The van der Waals surface area contributed by atoms with Crippen LogP contribution in [0.25, 0.3) is 0 Å². The first kappa shape index (κ1) is 17.6. The molecule has 2 heterocycles. The summed E-state index contributed by atoms with van der Waals surface area (Å²) in [4.78, 5) is 24.1. The lowest BCUT2D eigenvalue weighted by molar-refractivity contribution is -0.385. The van der Waals surface area contributed by atoms with Gasteiger partial charge in [-0.15, -0.1) is 0 Å². The molecule has 0 amide bonds. The van der Waals surface area contributed by atoms with Crippen LogP contribution in [0.1, 0.15) is 30.1 Å². The van der Waals surface area contributed by atoms with E-state index >= 15 is 0 Å². The molecule has 0 saturated carbocycles. The van der Waals surface area contributed by atoms with Gasteiger partial charge < -0.3 is 19.1 Å². The summed E-state index contributed by atoms with van der Waals surface area (Å²) in [5.41, 5.74) is -0.602. The second-order valence-corrected chi connectivity index (χ2v) is 5.90. The second-order valence-electron chi connectivity index (χ2n) is 5.90. The smallest absolute Gasteiger partial charge is 0.340 e. The van der Waals surface area contributed by atoms with E-state index in [1.807, 2.05) is 0 Å². The number of non-ortho nitro benzene ring substituents is 1. The average molecular weight is 354 g/mol. The molecule has 3 rings (SSSR count). The maximum atomic E-state index is 14.6. The number of hydrogen-bond acceptors (Lipinski definition) is 7. The van der Waals surface area contributed by atoms with Gasteiger partial charge in [0.05, 0.1) is 42.1 Å². The van der Waals surface area contributed by atoms with Gasteiger partial charge >= 0.3 is 5.97 Å². The number of rotatable bonds is 4. The van der Waals surface area contributed by atoms with Crippen LogP contribution >= 0.6 is 0 Å². The standard InChI is InChI=1S/C16H19FN2O6/c1-2-23-15(20)12-9-11(19(21)22)10-13(17)14(12)18-5-3-16(4-6-18)24-7-8-25-16/h9-10H,2-8H2,1H3. The molecular formula is C16H19FN2O6. The third-order valence-electron chi connectivity index (χ3n) is 4.41. The highest BCUT2D eigenvalue weighted by molar-refractivity contribution is 5.97. The summed E-state index contributed by atoms with van der Waals surface area (Å²) in [6, 6.07) is 1.88. The summed E-state index contributed by atoms with van der Waals surface area (Å²) < 4.78 is 30.8. The summed E-state index contributed by atoms with van der Waals surface area (Å²) in [6.07, 6.45) is 1.04. The van der Waals surface area contributed by atoms with Crippen molar-refractivity contribution in [1.82, 2.24) is 0 Å². The van der Waals surface area contributed by atoms with Crippen molar-refractivity contribution in [3.8, 4) is 0 Å². The third kappa shape index (κ3) is 3.42. The van der Waals surface area contributed by atoms with Gasteiger partial charge in [-0.25, -0.2) is 9.18 Å². The fraction of sp³-hybridized carbons (Fsp3) is 0.562. The van der Waals surface area contributed by atoms with E-state index < -0.39 is 28.2 Å². The molecule has 2 fully saturated rings. The monoisotopic (exact) mass is 354 g/mol. The first-order valence-electron chi connectivity index (χ1n) is 8.14. The van der Waals surface area contributed by atoms with Gasteiger partial charge in [0.25, 0.3) is 5.69 Å². The molecule has 1 aromatic rings. The molecule has 2 aliphatic heterocycles. The molecule has 0 aromatic heterocycles. The van der Waals surface area contributed by atoms with Crippen LogP contribution in [0.3, 0.4) is 0 Å². The van der Waals surface area contributed by atoms with Gasteiger partial charge in [-0.2, -0.15) is 0 Å². The van der Waals surface area contributed by atoms with E-state index in [9.17, 15) is 19.3 Å². The number of benzene rings is 1. The van der Waals surface area contributed by atoms with Crippen LogP contribution in [0, 0.1) is 15.9 Å². The Labute approximate surface area is 143 Å². The second kappa shape index (κ2) is 6.93. The number of piperidine rings is 1. The molecule has 8 nitrogen and oxygen atoms in total. The van der Waals surface area contributed by atoms with Crippen LogP contribution < -0.4 is 4.90 Å². The van der Waals surface area contributed by atoms with Gasteiger partial charge in [0.15, 0.2) is 11.6 Å². The molecule has 2 aliphatic rings. The van der Waals surface area contributed by atoms with Crippen LogP contribution in [0.5, 0.6) is 0 Å². The Morgan fingerprint density at radius 3 is 2.56 bits per heavy atom. The summed E-state index contributed by atoms with van der Waals surface area (Å²) in [7, 11) is 0. The summed E-state index contributed by atoms with van der Waals surface area (Å²) >= 11 is 0. The Morgan fingerprint density at radius 2 is 2.00 bits per heavy atom. The number of nitro groups is 1. The van der Waals surface area contributed by atoms with E-state index in [0.29, 0.717) is 39.1 Å². The van der Waals surface area contributed by atoms with Gasteiger partial charge in [-0.05, 0) is 6.92 Å². The van der Waals surface area contributed by atoms with Crippen molar-refractivity contribution in [3.05, 3.63) is 33.6 Å². The van der Waals surface area contributed by atoms with E-state index in [2.05, 4.69) is 0 Å². The molecular weight excluding hydrogens is 335 g/mol. The molecule has 0 bridgehead atoms. The molecule has 136 valence electrons. The van der Waals surface area contributed by atoms with Crippen LogP contribution in [-0.2, 0) is 14.2 Å². The quantitative estimate of drug-likeness (QED) is 0.465. The zero-order valence-electron chi connectivity index (χ0n) is 13.8. The van der Waals surface area contributed by atoms with Gasteiger partial charge in [0.2, 0.25) is 0 Å². The number of hydrogen-bond donors (Lipinski definition) is 0. The van der Waals surface area contributed by atoms with Gasteiger partial charge in [-0.3, -0.25) is 10.1 Å². The van der Waals surface area contributed by atoms with Crippen molar-refractivity contribution in [2.45, 2.75) is 25.6 Å². The maximum absolute atomic E-state index is 14.6. The number of ether oxygens (including phenoxy) is 3. The Balaban J connectivity index is 1.91. The van der Waals surface area contributed by atoms with E-state index in [0.717, 1.165) is 12.1 Å². The number of esters is 1. The van der Waals surface area contributed by atoms with Crippen molar-refractivity contribution in [2.24, 2.45) is 0 Å². The molecule has 1 aromatic carbocycles. The lowest BCUT2D eigenvalue weighted by Crippen LogP contribution is -2.45. The third-order valence-corrected chi connectivity index (χ3v) is 4.41. The van der Waals surface area contributed by atoms with E-state index in [1.54, 1.807) is 11.8 Å². The van der Waals surface area contributed by atoms with Crippen LogP contribution in [-0.4, -0.2) is 49.6 Å².